The van der Waals surface area contributed by atoms with E-state index >= 15 is 0 Å². The lowest BCUT2D eigenvalue weighted by molar-refractivity contribution is -0.116. The Kier molecular flexibility index (Phi) is 5.92. The molecule has 0 unspecified atom stereocenters. The summed E-state index contributed by atoms with van der Waals surface area (Å²) < 4.78 is 27.1. The number of amides is 1. The number of carbonyl (C=O) groups excluding carboxylic acids is 1. The minimum absolute atomic E-state index is 0.179. The number of anilines is 1. The maximum absolute atomic E-state index is 12.5. The van der Waals surface area contributed by atoms with Crippen molar-refractivity contribution >= 4 is 37.5 Å². The third-order valence-electron chi connectivity index (χ3n) is 3.18. The van der Waals surface area contributed by atoms with E-state index in [-0.39, 0.29) is 23.9 Å². The van der Waals surface area contributed by atoms with Crippen molar-refractivity contribution in [3.05, 3.63) is 59.1 Å². The SMILES string of the molecule is CCN(CC(=O)Nc1ccc(Br)cc1)S(=O)(=O)c1ccccc1. The first-order valence-corrected chi connectivity index (χ1v) is 9.27. The van der Waals surface area contributed by atoms with Crippen LogP contribution in [0.15, 0.2) is 64.0 Å². The predicted octanol–water partition coefficient (Wildman–Crippen LogP) is 3.10. The highest BCUT2D eigenvalue weighted by atomic mass is 79.9. The molecule has 0 aromatic heterocycles. The van der Waals surface area contributed by atoms with Crippen LogP contribution < -0.4 is 5.32 Å². The molecule has 0 atom stereocenters. The molecule has 0 bridgehead atoms. The van der Waals surface area contributed by atoms with Crippen molar-refractivity contribution in [2.75, 3.05) is 18.4 Å². The molecular weight excluding hydrogens is 380 g/mol. The minimum Gasteiger partial charge on any atom is -0.325 e. The number of hydrogen-bond acceptors (Lipinski definition) is 3. The Morgan fingerprint density at radius 3 is 2.26 bits per heavy atom. The zero-order valence-corrected chi connectivity index (χ0v) is 15.0. The van der Waals surface area contributed by atoms with Crippen LogP contribution in [0.4, 0.5) is 5.69 Å². The number of rotatable bonds is 6. The molecule has 1 amide bonds. The van der Waals surface area contributed by atoms with Crippen molar-refractivity contribution in [1.82, 2.24) is 4.31 Å². The average Bonchev–Trinajstić information content (AvgIpc) is 2.55. The second-order valence-corrected chi connectivity index (χ2v) is 7.65. The number of likely N-dealkylation sites (N-methyl/N-ethyl adjacent to an activating group) is 1. The molecule has 0 radical (unpaired) electrons. The summed E-state index contributed by atoms with van der Waals surface area (Å²) in [5.41, 5.74) is 0.617. The van der Waals surface area contributed by atoms with Crippen molar-refractivity contribution in [3.8, 4) is 0 Å². The number of nitrogens with zero attached hydrogens (tertiary/aromatic N) is 1. The fraction of sp³-hybridized carbons (Fsp3) is 0.188. The number of halogens is 1. The largest absolute Gasteiger partial charge is 0.325 e. The Balaban J connectivity index is 2.09. The van der Waals surface area contributed by atoms with Crippen molar-refractivity contribution in [1.29, 1.82) is 0 Å². The Morgan fingerprint density at radius 1 is 1.09 bits per heavy atom. The van der Waals surface area contributed by atoms with E-state index in [0.717, 1.165) is 8.78 Å². The summed E-state index contributed by atoms with van der Waals surface area (Å²) in [6.07, 6.45) is 0. The molecule has 5 nitrogen and oxygen atoms in total. The highest BCUT2D eigenvalue weighted by molar-refractivity contribution is 9.10. The van der Waals surface area contributed by atoms with Crippen LogP contribution in [0.1, 0.15) is 6.92 Å². The van der Waals surface area contributed by atoms with Gasteiger partial charge >= 0.3 is 0 Å². The second kappa shape index (κ2) is 7.72. The predicted molar refractivity (Wildman–Crippen MR) is 93.6 cm³/mol. The molecule has 2 aromatic carbocycles. The van der Waals surface area contributed by atoms with E-state index in [0.29, 0.717) is 5.69 Å². The lowest BCUT2D eigenvalue weighted by atomic mass is 10.3. The molecule has 0 saturated carbocycles. The molecule has 7 heteroatoms. The van der Waals surface area contributed by atoms with Gasteiger partial charge in [-0.1, -0.05) is 41.1 Å². The summed E-state index contributed by atoms with van der Waals surface area (Å²) >= 11 is 3.31. The first-order valence-electron chi connectivity index (χ1n) is 7.04. The van der Waals surface area contributed by atoms with Crippen LogP contribution in [-0.2, 0) is 14.8 Å². The monoisotopic (exact) mass is 396 g/mol. The summed E-state index contributed by atoms with van der Waals surface area (Å²) in [4.78, 5) is 12.3. The van der Waals surface area contributed by atoms with Crippen molar-refractivity contribution in [3.63, 3.8) is 0 Å². The highest BCUT2D eigenvalue weighted by Crippen LogP contribution is 2.16. The molecule has 0 heterocycles. The zero-order valence-electron chi connectivity index (χ0n) is 12.6. The Morgan fingerprint density at radius 2 is 1.70 bits per heavy atom. The summed E-state index contributed by atoms with van der Waals surface area (Å²) in [7, 11) is -3.68. The molecule has 0 spiro atoms. The molecular formula is C16H17BrN2O3S. The van der Waals surface area contributed by atoms with Crippen LogP contribution in [-0.4, -0.2) is 31.7 Å². The smallest absolute Gasteiger partial charge is 0.243 e. The van der Waals surface area contributed by atoms with Gasteiger partial charge in [0.25, 0.3) is 0 Å². The number of sulfonamides is 1. The van der Waals surface area contributed by atoms with Crippen LogP contribution in [0.5, 0.6) is 0 Å². The Hall–Kier alpha value is -1.70. The lowest BCUT2D eigenvalue weighted by Crippen LogP contribution is -2.37. The van der Waals surface area contributed by atoms with Gasteiger partial charge in [-0.25, -0.2) is 8.42 Å². The molecule has 23 heavy (non-hydrogen) atoms. The van der Waals surface area contributed by atoms with Crippen LogP contribution in [0.2, 0.25) is 0 Å². The summed E-state index contributed by atoms with van der Waals surface area (Å²) in [6, 6.07) is 15.2. The van der Waals surface area contributed by atoms with Crippen molar-refractivity contribution in [2.24, 2.45) is 0 Å². The first-order chi connectivity index (χ1) is 10.9. The number of benzene rings is 2. The molecule has 122 valence electrons. The van der Waals surface area contributed by atoms with Gasteiger partial charge in [-0.2, -0.15) is 4.31 Å². The molecule has 0 aliphatic rings. The highest BCUT2D eigenvalue weighted by Gasteiger charge is 2.24. The second-order valence-electron chi connectivity index (χ2n) is 4.80. The van der Waals surface area contributed by atoms with E-state index in [1.54, 1.807) is 49.4 Å². The van der Waals surface area contributed by atoms with Crippen LogP contribution >= 0.6 is 15.9 Å². The number of hydrogen-bond donors (Lipinski definition) is 1. The maximum Gasteiger partial charge on any atom is 0.243 e. The van der Waals surface area contributed by atoms with E-state index in [9.17, 15) is 13.2 Å². The van der Waals surface area contributed by atoms with Crippen LogP contribution in [0, 0.1) is 0 Å². The molecule has 0 aliphatic heterocycles. The number of carbonyl (C=O) groups is 1. The Labute approximate surface area is 144 Å². The van der Waals surface area contributed by atoms with Crippen LogP contribution in [0.3, 0.4) is 0 Å². The van der Waals surface area contributed by atoms with E-state index in [1.165, 1.54) is 12.1 Å². The third kappa shape index (κ3) is 4.63. The molecule has 1 N–H and O–H groups in total. The fourth-order valence-corrected chi connectivity index (χ4v) is 3.69. The van der Waals surface area contributed by atoms with Gasteiger partial charge in [-0.05, 0) is 36.4 Å². The molecule has 2 rings (SSSR count). The van der Waals surface area contributed by atoms with Gasteiger partial charge in [0.2, 0.25) is 15.9 Å². The van der Waals surface area contributed by atoms with Gasteiger partial charge in [-0.15, -0.1) is 0 Å². The average molecular weight is 397 g/mol. The zero-order chi connectivity index (χ0) is 16.9. The van der Waals surface area contributed by atoms with Crippen molar-refractivity contribution in [2.45, 2.75) is 11.8 Å². The fourth-order valence-electron chi connectivity index (χ4n) is 2.00. The van der Waals surface area contributed by atoms with Gasteiger partial charge < -0.3 is 5.32 Å². The van der Waals surface area contributed by atoms with E-state index in [4.69, 9.17) is 0 Å². The standard InChI is InChI=1S/C16H17BrN2O3S/c1-2-19(23(21,22)15-6-4-3-5-7-15)12-16(20)18-14-10-8-13(17)9-11-14/h3-11H,2,12H2,1H3,(H,18,20). The van der Waals surface area contributed by atoms with Gasteiger partial charge in [0.15, 0.2) is 0 Å². The van der Waals surface area contributed by atoms with Gasteiger partial charge in [0.05, 0.1) is 11.4 Å². The van der Waals surface area contributed by atoms with Crippen LogP contribution in [0.25, 0.3) is 0 Å². The quantitative estimate of drug-likeness (QED) is 0.815. The number of nitrogens with one attached hydrogen (secondary N) is 1. The minimum atomic E-state index is -3.68. The summed E-state index contributed by atoms with van der Waals surface area (Å²) in [5.74, 6) is -0.381. The molecule has 0 aliphatic carbocycles. The van der Waals surface area contributed by atoms with Gasteiger partial charge in [-0.3, -0.25) is 4.79 Å². The van der Waals surface area contributed by atoms with E-state index in [2.05, 4.69) is 21.2 Å². The molecule has 0 fully saturated rings. The summed E-state index contributed by atoms with van der Waals surface area (Å²) in [6.45, 7) is 1.68. The maximum atomic E-state index is 12.5. The third-order valence-corrected chi connectivity index (χ3v) is 5.65. The topological polar surface area (TPSA) is 66.5 Å². The van der Waals surface area contributed by atoms with Gasteiger partial charge in [0.1, 0.15) is 0 Å². The molecule has 0 saturated heterocycles. The lowest BCUT2D eigenvalue weighted by Gasteiger charge is -2.20. The van der Waals surface area contributed by atoms with E-state index < -0.39 is 10.0 Å². The Bertz CT molecular complexity index is 762. The molecule has 2 aromatic rings. The van der Waals surface area contributed by atoms with Gasteiger partial charge in [0, 0.05) is 16.7 Å². The normalized spacial score (nSPS) is 11.4. The van der Waals surface area contributed by atoms with E-state index in [1.807, 2.05) is 0 Å². The van der Waals surface area contributed by atoms with Crippen molar-refractivity contribution < 1.29 is 13.2 Å². The first kappa shape index (κ1) is 17.7. The summed E-state index contributed by atoms with van der Waals surface area (Å²) in [5, 5.41) is 2.69.